The number of carboxylic acids is 1. The Morgan fingerprint density at radius 1 is 1.44 bits per heavy atom. The topological polar surface area (TPSA) is 101 Å². The Bertz CT molecular complexity index is 497. The third kappa shape index (κ3) is 1.99. The zero-order valence-electron chi connectivity index (χ0n) is 9.34. The number of carbonyl (C=O) groups is 4. The number of aliphatic carboxylic acids is 1. The van der Waals surface area contributed by atoms with E-state index in [1.54, 1.807) is 0 Å². The molecule has 0 bridgehead atoms. The Labute approximate surface area is 106 Å². The normalized spacial score (nSPS) is 22.2. The average Bonchev–Trinajstić information content (AvgIpc) is 2.25. The van der Waals surface area contributed by atoms with Crippen LogP contribution in [0.1, 0.15) is 13.3 Å². The van der Waals surface area contributed by atoms with Crippen molar-refractivity contribution in [2.75, 3.05) is 5.75 Å². The largest absolute Gasteiger partial charge is 0.477 e. The lowest BCUT2D eigenvalue weighted by Gasteiger charge is -2.43. The number of β-lactam (4-membered cyclic amide) rings is 1. The minimum absolute atomic E-state index is 0.113. The van der Waals surface area contributed by atoms with Gasteiger partial charge >= 0.3 is 17.9 Å². The van der Waals surface area contributed by atoms with Crippen LogP contribution in [0, 0.1) is 0 Å². The Hall–Kier alpha value is -1.83. The van der Waals surface area contributed by atoms with Crippen LogP contribution in [0.2, 0.25) is 0 Å². The molecule has 7 nitrogen and oxygen atoms in total. The van der Waals surface area contributed by atoms with Gasteiger partial charge in [-0.05, 0) is 0 Å². The molecule has 1 fully saturated rings. The van der Waals surface area contributed by atoms with Crippen LogP contribution in [-0.2, 0) is 23.9 Å². The fourth-order valence-electron chi connectivity index (χ4n) is 1.76. The Kier molecular flexibility index (Phi) is 3.12. The number of amides is 1. The van der Waals surface area contributed by atoms with Crippen LogP contribution in [0.4, 0.5) is 0 Å². The van der Waals surface area contributed by atoms with E-state index >= 15 is 0 Å². The Morgan fingerprint density at radius 2 is 2.11 bits per heavy atom. The van der Waals surface area contributed by atoms with Crippen LogP contribution >= 0.6 is 11.8 Å². The predicted octanol–water partition coefficient (Wildman–Crippen LogP) is -0.280. The molecule has 2 heterocycles. The second-order valence-electron chi connectivity index (χ2n) is 3.75. The van der Waals surface area contributed by atoms with Crippen molar-refractivity contribution in [1.82, 2.24) is 4.90 Å². The highest BCUT2D eigenvalue weighted by molar-refractivity contribution is 8.00. The summed E-state index contributed by atoms with van der Waals surface area (Å²) in [5.74, 6) is -3.44. The molecule has 0 spiro atoms. The number of carboxylic acid groups (broad SMARTS) is 1. The maximum atomic E-state index is 11.6. The van der Waals surface area contributed by atoms with E-state index in [9.17, 15) is 19.2 Å². The first kappa shape index (κ1) is 12.6. The number of nitrogens with zero attached hydrogens (tertiary/aromatic N) is 1. The molecule has 2 rings (SSSR count). The van der Waals surface area contributed by atoms with Gasteiger partial charge in [0, 0.05) is 12.7 Å². The van der Waals surface area contributed by atoms with Crippen LogP contribution < -0.4 is 0 Å². The summed E-state index contributed by atoms with van der Waals surface area (Å²) in [6, 6.07) is 0. The minimum Gasteiger partial charge on any atom is -0.477 e. The molecule has 18 heavy (non-hydrogen) atoms. The number of thioether (sulfide) groups is 1. The van der Waals surface area contributed by atoms with Crippen LogP contribution in [-0.4, -0.2) is 44.9 Å². The van der Waals surface area contributed by atoms with Crippen molar-refractivity contribution in [2.45, 2.75) is 18.7 Å². The van der Waals surface area contributed by atoms with Gasteiger partial charge in [-0.2, -0.15) is 0 Å². The second kappa shape index (κ2) is 4.45. The molecule has 0 saturated carbocycles. The highest BCUT2D eigenvalue weighted by atomic mass is 32.2. The summed E-state index contributed by atoms with van der Waals surface area (Å²) in [5.41, 5.74) is -0.534. The number of rotatable bonds is 2. The maximum Gasteiger partial charge on any atom is 0.353 e. The monoisotopic (exact) mass is 271 g/mol. The van der Waals surface area contributed by atoms with Crippen LogP contribution in [0.3, 0.4) is 0 Å². The van der Waals surface area contributed by atoms with Gasteiger partial charge in [-0.1, -0.05) is 0 Å². The smallest absolute Gasteiger partial charge is 0.353 e. The van der Waals surface area contributed by atoms with Crippen molar-refractivity contribution in [3.05, 3.63) is 11.3 Å². The predicted molar refractivity (Wildman–Crippen MR) is 59.1 cm³/mol. The molecular weight excluding hydrogens is 262 g/mol. The molecule has 0 aromatic carbocycles. The Balaban J connectivity index is 2.36. The van der Waals surface area contributed by atoms with Crippen molar-refractivity contribution in [3.8, 4) is 0 Å². The zero-order valence-corrected chi connectivity index (χ0v) is 10.2. The van der Waals surface area contributed by atoms with Gasteiger partial charge in [-0.25, -0.2) is 9.59 Å². The van der Waals surface area contributed by atoms with Gasteiger partial charge in [0.1, 0.15) is 5.70 Å². The van der Waals surface area contributed by atoms with E-state index in [-0.39, 0.29) is 34.7 Å². The highest BCUT2D eigenvalue weighted by Gasteiger charge is 2.47. The van der Waals surface area contributed by atoms with E-state index in [0.717, 1.165) is 11.8 Å². The molecule has 1 N–H and O–H groups in total. The van der Waals surface area contributed by atoms with E-state index in [4.69, 9.17) is 5.11 Å². The number of carbonyl (C=O) groups excluding carboxylic acids is 3. The fourth-order valence-corrected chi connectivity index (χ4v) is 3.01. The summed E-state index contributed by atoms with van der Waals surface area (Å²) >= 11 is 1.27. The van der Waals surface area contributed by atoms with Crippen molar-refractivity contribution < 1.29 is 29.0 Å². The molecule has 1 atom stereocenters. The zero-order chi connectivity index (χ0) is 13.4. The molecule has 2 aliphatic heterocycles. The minimum atomic E-state index is -1.37. The summed E-state index contributed by atoms with van der Waals surface area (Å²) in [4.78, 5) is 45.9. The number of esters is 2. The summed E-state index contributed by atoms with van der Waals surface area (Å²) in [7, 11) is 0. The maximum absolute atomic E-state index is 11.6. The molecule has 0 aliphatic carbocycles. The van der Waals surface area contributed by atoms with Crippen LogP contribution in [0.15, 0.2) is 11.3 Å². The number of fused-ring (bicyclic) bond motifs is 1. The summed E-state index contributed by atoms with van der Waals surface area (Å²) in [6.07, 6.45) is 0.260. The summed E-state index contributed by atoms with van der Waals surface area (Å²) in [5, 5.41) is 8.84. The van der Waals surface area contributed by atoms with E-state index in [0.29, 0.717) is 0 Å². The Morgan fingerprint density at radius 3 is 2.61 bits per heavy atom. The molecule has 0 unspecified atom stereocenters. The van der Waals surface area contributed by atoms with Crippen molar-refractivity contribution in [2.24, 2.45) is 0 Å². The van der Waals surface area contributed by atoms with Crippen molar-refractivity contribution in [3.63, 3.8) is 0 Å². The lowest BCUT2D eigenvalue weighted by atomic mass is 10.1. The third-order valence-electron chi connectivity index (χ3n) is 2.54. The SMILES string of the molecule is CC(=O)OC(=O)C1=C(C(=O)O)N2C(=O)C[C@H]2SC1. The number of hydrogen-bond acceptors (Lipinski definition) is 6. The van der Waals surface area contributed by atoms with Gasteiger partial charge in [0.25, 0.3) is 0 Å². The first-order valence-corrected chi connectivity index (χ1v) is 6.09. The molecule has 0 aromatic rings. The quantitative estimate of drug-likeness (QED) is 0.418. The molecule has 2 aliphatic rings. The van der Waals surface area contributed by atoms with Gasteiger partial charge < -0.3 is 9.84 Å². The molecule has 1 saturated heterocycles. The van der Waals surface area contributed by atoms with Crippen LogP contribution in [0.25, 0.3) is 0 Å². The third-order valence-corrected chi connectivity index (χ3v) is 3.76. The molecule has 1 amide bonds. The van der Waals surface area contributed by atoms with Crippen molar-refractivity contribution >= 4 is 35.6 Å². The standard InChI is InChI=1S/C10H9NO6S/c1-4(12)17-10(16)5-3-18-7-2-6(13)11(7)8(5)9(14)15/h7H,2-3H2,1H3,(H,14,15)/t7-/m1/s1. The van der Waals surface area contributed by atoms with E-state index in [2.05, 4.69) is 4.74 Å². The van der Waals surface area contributed by atoms with Gasteiger partial charge in [-0.15, -0.1) is 11.8 Å². The molecule has 0 aromatic heterocycles. The molecular formula is C10H9NO6S. The summed E-state index contributed by atoms with van der Waals surface area (Å²) < 4.78 is 4.36. The van der Waals surface area contributed by atoms with Gasteiger partial charge in [0.2, 0.25) is 5.91 Å². The van der Waals surface area contributed by atoms with Gasteiger partial charge in [0.05, 0.1) is 17.4 Å². The first-order chi connectivity index (χ1) is 8.41. The van der Waals surface area contributed by atoms with Crippen molar-refractivity contribution in [1.29, 1.82) is 0 Å². The lowest BCUT2D eigenvalue weighted by molar-refractivity contribution is -0.156. The van der Waals surface area contributed by atoms with E-state index < -0.39 is 17.9 Å². The van der Waals surface area contributed by atoms with E-state index in [1.807, 2.05) is 0 Å². The molecule has 96 valence electrons. The summed E-state index contributed by atoms with van der Waals surface area (Å²) in [6.45, 7) is 1.05. The number of hydrogen-bond donors (Lipinski definition) is 1. The van der Waals surface area contributed by atoms with Crippen LogP contribution in [0.5, 0.6) is 0 Å². The fraction of sp³-hybridized carbons (Fsp3) is 0.400. The van der Waals surface area contributed by atoms with Gasteiger partial charge in [0.15, 0.2) is 0 Å². The average molecular weight is 271 g/mol. The van der Waals surface area contributed by atoms with Gasteiger partial charge in [-0.3, -0.25) is 14.5 Å². The number of ether oxygens (including phenoxy) is 1. The first-order valence-electron chi connectivity index (χ1n) is 5.04. The van der Waals surface area contributed by atoms with E-state index in [1.165, 1.54) is 11.8 Å². The molecule has 0 radical (unpaired) electrons. The molecule has 8 heteroatoms. The second-order valence-corrected chi connectivity index (χ2v) is 4.91. The highest BCUT2D eigenvalue weighted by Crippen LogP contribution is 2.40. The lowest BCUT2D eigenvalue weighted by Crippen LogP contribution is -2.54.